The Morgan fingerprint density at radius 1 is 1.00 bits per heavy atom. The predicted octanol–water partition coefficient (Wildman–Crippen LogP) is 6.35. The van der Waals surface area contributed by atoms with Crippen LogP contribution >= 0.6 is 11.6 Å². The first-order chi connectivity index (χ1) is 16.6. The van der Waals surface area contributed by atoms with Gasteiger partial charge in [-0.1, -0.05) is 66.6 Å². The zero-order valence-corrected chi connectivity index (χ0v) is 20.1. The summed E-state index contributed by atoms with van der Waals surface area (Å²) in [4.78, 5) is 14.2. The van der Waals surface area contributed by atoms with E-state index in [-0.39, 0.29) is 6.04 Å². The first-order valence-electron chi connectivity index (χ1n) is 11.7. The smallest absolute Gasteiger partial charge is 0.320 e. The van der Waals surface area contributed by atoms with E-state index in [4.69, 9.17) is 21.1 Å². The molecule has 2 unspecified atom stereocenters. The number of carboxylic acid groups (broad SMARTS) is 1. The van der Waals surface area contributed by atoms with E-state index in [2.05, 4.69) is 4.90 Å². The van der Waals surface area contributed by atoms with Crippen LogP contribution in [0, 0.1) is 0 Å². The lowest BCUT2D eigenvalue weighted by Gasteiger charge is -2.39. The normalized spacial score (nSPS) is 17.2. The number of carbonyl (C=O) groups is 1. The van der Waals surface area contributed by atoms with E-state index in [1.807, 2.05) is 79.7 Å². The van der Waals surface area contributed by atoms with E-state index in [1.54, 1.807) is 0 Å². The van der Waals surface area contributed by atoms with E-state index < -0.39 is 12.0 Å². The third kappa shape index (κ3) is 5.72. The van der Waals surface area contributed by atoms with Gasteiger partial charge < -0.3 is 14.6 Å². The first-order valence-corrected chi connectivity index (χ1v) is 12.1. The van der Waals surface area contributed by atoms with Gasteiger partial charge in [0.25, 0.3) is 0 Å². The van der Waals surface area contributed by atoms with Crippen molar-refractivity contribution in [3.63, 3.8) is 0 Å². The molecule has 178 valence electrons. The monoisotopic (exact) mass is 479 g/mol. The number of ether oxygens (including phenoxy) is 2. The average Bonchev–Trinajstić information content (AvgIpc) is 2.85. The lowest BCUT2D eigenvalue weighted by atomic mass is 9.91. The summed E-state index contributed by atoms with van der Waals surface area (Å²) >= 11 is 6.34. The maximum absolute atomic E-state index is 12.1. The molecule has 0 amide bonds. The van der Waals surface area contributed by atoms with Crippen molar-refractivity contribution in [3.05, 3.63) is 94.5 Å². The first kappa shape index (κ1) is 24.1. The molecule has 4 rings (SSSR count). The van der Waals surface area contributed by atoms with Crippen LogP contribution in [-0.2, 0) is 11.4 Å². The third-order valence-corrected chi connectivity index (χ3v) is 6.38. The number of nitrogens with zero attached hydrogens (tertiary/aromatic N) is 1. The number of benzene rings is 3. The molecule has 0 saturated carbocycles. The number of halogens is 1. The molecule has 0 aliphatic carbocycles. The fourth-order valence-corrected chi connectivity index (χ4v) is 4.80. The number of rotatable bonds is 9. The highest BCUT2D eigenvalue weighted by atomic mass is 35.5. The summed E-state index contributed by atoms with van der Waals surface area (Å²) in [7, 11) is 0. The molecule has 1 heterocycles. The second kappa shape index (κ2) is 11.4. The van der Waals surface area contributed by atoms with E-state index in [0.717, 1.165) is 29.5 Å². The van der Waals surface area contributed by atoms with Crippen LogP contribution < -0.4 is 9.47 Å². The van der Waals surface area contributed by atoms with Crippen LogP contribution in [0.1, 0.15) is 48.9 Å². The zero-order chi connectivity index (χ0) is 23.9. The van der Waals surface area contributed by atoms with Crippen molar-refractivity contribution in [1.82, 2.24) is 4.90 Å². The van der Waals surface area contributed by atoms with Crippen molar-refractivity contribution < 1.29 is 19.4 Å². The van der Waals surface area contributed by atoms with Gasteiger partial charge in [0.05, 0.1) is 12.6 Å². The Morgan fingerprint density at radius 3 is 2.53 bits per heavy atom. The van der Waals surface area contributed by atoms with E-state index in [9.17, 15) is 9.90 Å². The fraction of sp³-hybridized carbons (Fsp3) is 0.321. The molecule has 3 aromatic rings. The molecule has 0 radical (unpaired) electrons. The van der Waals surface area contributed by atoms with Crippen molar-refractivity contribution in [2.24, 2.45) is 0 Å². The van der Waals surface area contributed by atoms with Crippen LogP contribution in [0.15, 0.2) is 72.8 Å². The molecular formula is C28H30ClNO4. The quantitative estimate of drug-likeness (QED) is 0.387. The van der Waals surface area contributed by atoms with Gasteiger partial charge in [-0.05, 0) is 67.3 Å². The lowest BCUT2D eigenvalue weighted by Crippen LogP contribution is -2.46. The van der Waals surface area contributed by atoms with Crippen molar-refractivity contribution in [2.75, 3.05) is 13.2 Å². The Bertz CT molecular complexity index is 1100. The van der Waals surface area contributed by atoms with E-state index in [0.29, 0.717) is 42.7 Å². The SMILES string of the molecule is CCOc1cc(C(c2cccc(Cl)c2)N2CCCCC2C(=O)O)ccc1OCc1ccccc1. The third-order valence-electron chi connectivity index (χ3n) is 6.15. The molecule has 34 heavy (non-hydrogen) atoms. The summed E-state index contributed by atoms with van der Waals surface area (Å²) < 4.78 is 12.0. The molecule has 0 aromatic heterocycles. The van der Waals surface area contributed by atoms with Gasteiger partial charge in [-0.2, -0.15) is 0 Å². The minimum atomic E-state index is -0.792. The van der Waals surface area contributed by atoms with Crippen LogP contribution in [0.4, 0.5) is 0 Å². The Kier molecular flexibility index (Phi) is 8.09. The number of hydrogen-bond donors (Lipinski definition) is 1. The van der Waals surface area contributed by atoms with Crippen molar-refractivity contribution >= 4 is 17.6 Å². The maximum Gasteiger partial charge on any atom is 0.320 e. The van der Waals surface area contributed by atoms with Gasteiger partial charge in [0, 0.05) is 5.02 Å². The molecule has 0 spiro atoms. The number of piperidine rings is 1. The highest BCUT2D eigenvalue weighted by Gasteiger charge is 2.35. The van der Waals surface area contributed by atoms with Crippen LogP contribution in [0.25, 0.3) is 0 Å². The minimum Gasteiger partial charge on any atom is -0.490 e. The summed E-state index contributed by atoms with van der Waals surface area (Å²) in [6.45, 7) is 3.57. The molecule has 2 atom stereocenters. The second-order valence-corrected chi connectivity index (χ2v) is 8.90. The van der Waals surface area contributed by atoms with Gasteiger partial charge >= 0.3 is 5.97 Å². The molecule has 1 saturated heterocycles. The number of carboxylic acids is 1. The van der Waals surface area contributed by atoms with Crippen LogP contribution in [0.5, 0.6) is 11.5 Å². The number of hydrogen-bond acceptors (Lipinski definition) is 4. The largest absolute Gasteiger partial charge is 0.490 e. The van der Waals surface area contributed by atoms with Crippen molar-refractivity contribution in [2.45, 2.75) is 44.9 Å². The summed E-state index contributed by atoms with van der Waals surface area (Å²) in [5.41, 5.74) is 2.98. The molecule has 1 aliphatic rings. The highest BCUT2D eigenvalue weighted by Crippen LogP contribution is 2.39. The fourth-order valence-electron chi connectivity index (χ4n) is 4.60. The van der Waals surface area contributed by atoms with E-state index >= 15 is 0 Å². The average molecular weight is 480 g/mol. The molecule has 1 aliphatic heterocycles. The summed E-state index contributed by atoms with van der Waals surface area (Å²) in [5.74, 6) is 0.513. The van der Waals surface area contributed by atoms with Gasteiger partial charge in [0.2, 0.25) is 0 Å². The van der Waals surface area contributed by atoms with Gasteiger partial charge in [-0.3, -0.25) is 9.69 Å². The van der Waals surface area contributed by atoms with Crippen LogP contribution in [0.3, 0.4) is 0 Å². The molecular weight excluding hydrogens is 450 g/mol. The predicted molar refractivity (Wildman–Crippen MR) is 134 cm³/mol. The summed E-state index contributed by atoms with van der Waals surface area (Å²) in [6.07, 6.45) is 2.49. The Morgan fingerprint density at radius 2 is 1.79 bits per heavy atom. The van der Waals surface area contributed by atoms with Crippen LogP contribution in [-0.4, -0.2) is 35.2 Å². The molecule has 0 bridgehead atoms. The number of aliphatic carboxylic acids is 1. The Balaban J connectivity index is 1.71. The Labute approximate surface area is 205 Å². The van der Waals surface area contributed by atoms with Crippen molar-refractivity contribution in [1.29, 1.82) is 0 Å². The molecule has 1 fully saturated rings. The number of likely N-dealkylation sites (tertiary alicyclic amines) is 1. The molecule has 3 aromatic carbocycles. The summed E-state index contributed by atoms with van der Waals surface area (Å²) in [5, 5.41) is 10.6. The minimum absolute atomic E-state index is 0.262. The van der Waals surface area contributed by atoms with Gasteiger partial charge in [0.1, 0.15) is 12.6 Å². The lowest BCUT2D eigenvalue weighted by molar-refractivity contribution is -0.145. The zero-order valence-electron chi connectivity index (χ0n) is 19.3. The van der Waals surface area contributed by atoms with Gasteiger partial charge in [-0.15, -0.1) is 0 Å². The van der Waals surface area contributed by atoms with Gasteiger partial charge in [0.15, 0.2) is 11.5 Å². The second-order valence-electron chi connectivity index (χ2n) is 8.46. The maximum atomic E-state index is 12.1. The summed E-state index contributed by atoms with van der Waals surface area (Å²) in [6, 6.07) is 22.7. The molecule has 6 heteroatoms. The van der Waals surface area contributed by atoms with E-state index in [1.165, 1.54) is 0 Å². The Hall–Kier alpha value is -3.02. The van der Waals surface area contributed by atoms with Crippen LogP contribution in [0.2, 0.25) is 5.02 Å². The standard InChI is InChI=1S/C28H30ClNO4/c1-2-33-26-18-22(14-15-25(26)34-19-20-9-4-3-5-10-20)27(21-11-8-12-23(29)17-21)30-16-7-6-13-24(30)28(31)32/h3-5,8-12,14-15,17-18,24,27H,2,6-7,13,16,19H2,1H3,(H,31,32). The van der Waals surface area contributed by atoms with Gasteiger partial charge in [-0.25, -0.2) is 0 Å². The highest BCUT2D eigenvalue weighted by molar-refractivity contribution is 6.30. The topological polar surface area (TPSA) is 59.0 Å². The molecule has 5 nitrogen and oxygen atoms in total. The van der Waals surface area contributed by atoms with Crippen molar-refractivity contribution in [3.8, 4) is 11.5 Å². The molecule has 1 N–H and O–H groups in total.